The van der Waals surface area contributed by atoms with Crippen LogP contribution in [0.15, 0.2) is 0 Å². The largest absolute Gasteiger partial charge is 0.375 e. The van der Waals surface area contributed by atoms with E-state index in [1.165, 1.54) is 19.3 Å². The van der Waals surface area contributed by atoms with Crippen LogP contribution in [0.4, 0.5) is 0 Å². The second-order valence-corrected chi connectivity index (χ2v) is 4.88. The summed E-state index contributed by atoms with van der Waals surface area (Å²) in [6.07, 6.45) is 4.34. The molecule has 0 unspecified atom stereocenters. The van der Waals surface area contributed by atoms with E-state index in [-0.39, 0.29) is 0 Å². The lowest BCUT2D eigenvalue weighted by Crippen LogP contribution is -2.52. The van der Waals surface area contributed by atoms with Gasteiger partial charge in [-0.25, -0.2) is 0 Å². The van der Waals surface area contributed by atoms with Crippen molar-refractivity contribution in [2.45, 2.75) is 45.3 Å². The van der Waals surface area contributed by atoms with E-state index in [1.54, 1.807) is 0 Å². The molecule has 2 nitrogen and oxygen atoms in total. The Hall–Kier alpha value is -0.0800. The van der Waals surface area contributed by atoms with E-state index < -0.39 is 0 Å². The van der Waals surface area contributed by atoms with E-state index in [4.69, 9.17) is 4.74 Å². The molecule has 2 atom stereocenters. The van der Waals surface area contributed by atoms with Gasteiger partial charge >= 0.3 is 0 Å². The molecule has 2 heteroatoms. The first-order chi connectivity index (χ1) is 5.67. The highest BCUT2D eigenvalue weighted by molar-refractivity contribution is 4.91. The maximum atomic E-state index is 5.75. The molecule has 1 aliphatic carbocycles. The molecule has 0 radical (unpaired) electrons. The van der Waals surface area contributed by atoms with Crippen LogP contribution in [0.5, 0.6) is 0 Å². The van der Waals surface area contributed by atoms with Crippen LogP contribution in [0.25, 0.3) is 0 Å². The fourth-order valence-electron chi connectivity index (χ4n) is 2.38. The molecule has 0 bridgehead atoms. The average Bonchev–Trinajstić information content (AvgIpc) is 2.02. The number of hydrogen-bond donors (Lipinski definition) is 1. The van der Waals surface area contributed by atoms with Crippen molar-refractivity contribution in [3.63, 3.8) is 0 Å². The zero-order valence-electron chi connectivity index (χ0n) is 8.10. The molecule has 0 spiro atoms. The third-order valence-electron chi connectivity index (χ3n) is 3.18. The second kappa shape index (κ2) is 3.00. The Labute approximate surface area is 74.7 Å². The summed E-state index contributed by atoms with van der Waals surface area (Å²) in [6.45, 7) is 6.64. The van der Waals surface area contributed by atoms with E-state index in [9.17, 15) is 0 Å². The fourth-order valence-corrected chi connectivity index (χ4v) is 2.38. The molecule has 2 fully saturated rings. The molecular weight excluding hydrogens is 150 g/mol. The number of fused-ring (bicyclic) bond motifs is 1. The standard InChI is InChI=1S/C10H19NO/c1-10(2)4-3-8-9(7-10)12-6-5-11-8/h8-9,11H,3-7H2,1-2H3/t8-,9+/m1/s1. The highest BCUT2D eigenvalue weighted by Gasteiger charge is 2.36. The van der Waals surface area contributed by atoms with Gasteiger partial charge in [0, 0.05) is 12.6 Å². The number of ether oxygens (including phenoxy) is 1. The van der Waals surface area contributed by atoms with Crippen molar-refractivity contribution in [1.82, 2.24) is 5.32 Å². The van der Waals surface area contributed by atoms with Crippen LogP contribution < -0.4 is 5.32 Å². The van der Waals surface area contributed by atoms with Crippen molar-refractivity contribution < 1.29 is 4.74 Å². The molecule has 1 saturated carbocycles. The maximum Gasteiger partial charge on any atom is 0.0733 e. The van der Waals surface area contributed by atoms with Crippen LogP contribution in [-0.4, -0.2) is 25.3 Å². The highest BCUT2D eigenvalue weighted by atomic mass is 16.5. The Balaban J connectivity index is 1.99. The zero-order chi connectivity index (χ0) is 8.60. The van der Waals surface area contributed by atoms with Gasteiger partial charge in [0.2, 0.25) is 0 Å². The monoisotopic (exact) mass is 169 g/mol. The van der Waals surface area contributed by atoms with Gasteiger partial charge < -0.3 is 10.1 Å². The molecule has 0 aromatic rings. The maximum absolute atomic E-state index is 5.75. The lowest BCUT2D eigenvalue weighted by atomic mass is 9.73. The first kappa shape index (κ1) is 8.52. The van der Waals surface area contributed by atoms with Crippen LogP contribution in [0.3, 0.4) is 0 Å². The lowest BCUT2D eigenvalue weighted by Gasteiger charge is -2.43. The number of rotatable bonds is 0. The summed E-state index contributed by atoms with van der Waals surface area (Å²) in [6, 6.07) is 0.645. The topological polar surface area (TPSA) is 21.3 Å². The third-order valence-corrected chi connectivity index (χ3v) is 3.18. The molecule has 2 rings (SSSR count). The van der Waals surface area contributed by atoms with Gasteiger partial charge in [0.05, 0.1) is 12.7 Å². The molecule has 12 heavy (non-hydrogen) atoms. The van der Waals surface area contributed by atoms with Gasteiger partial charge in [0.15, 0.2) is 0 Å². The predicted octanol–water partition coefficient (Wildman–Crippen LogP) is 1.55. The summed E-state index contributed by atoms with van der Waals surface area (Å²) in [4.78, 5) is 0. The summed E-state index contributed by atoms with van der Waals surface area (Å²) in [5.41, 5.74) is 0.500. The van der Waals surface area contributed by atoms with Crippen LogP contribution in [-0.2, 0) is 4.74 Å². The smallest absolute Gasteiger partial charge is 0.0733 e. The Morgan fingerprint density at radius 2 is 2.25 bits per heavy atom. The summed E-state index contributed by atoms with van der Waals surface area (Å²) < 4.78 is 5.75. The second-order valence-electron chi connectivity index (χ2n) is 4.88. The van der Waals surface area contributed by atoms with Crippen molar-refractivity contribution in [3.8, 4) is 0 Å². The molecule has 1 saturated heterocycles. The zero-order valence-corrected chi connectivity index (χ0v) is 8.10. The van der Waals surface area contributed by atoms with Gasteiger partial charge in [-0.2, -0.15) is 0 Å². The Morgan fingerprint density at radius 1 is 1.42 bits per heavy atom. The van der Waals surface area contributed by atoms with Crippen LogP contribution in [0.2, 0.25) is 0 Å². The van der Waals surface area contributed by atoms with Crippen molar-refractivity contribution in [1.29, 1.82) is 0 Å². The SMILES string of the molecule is CC1(C)CC[C@H]2NCCO[C@H]2C1. The minimum Gasteiger partial charge on any atom is -0.375 e. The van der Waals surface area contributed by atoms with Crippen molar-refractivity contribution >= 4 is 0 Å². The molecular formula is C10H19NO. The van der Waals surface area contributed by atoms with Gasteiger partial charge in [0.25, 0.3) is 0 Å². The number of morpholine rings is 1. The van der Waals surface area contributed by atoms with Gasteiger partial charge in [-0.3, -0.25) is 0 Å². The summed E-state index contributed by atoms with van der Waals surface area (Å²) in [5.74, 6) is 0. The van der Waals surface area contributed by atoms with Crippen LogP contribution in [0.1, 0.15) is 33.1 Å². The summed E-state index contributed by atoms with van der Waals surface area (Å²) in [7, 11) is 0. The van der Waals surface area contributed by atoms with Crippen molar-refractivity contribution in [3.05, 3.63) is 0 Å². The van der Waals surface area contributed by atoms with Gasteiger partial charge in [-0.15, -0.1) is 0 Å². The first-order valence-electron chi connectivity index (χ1n) is 5.02. The van der Waals surface area contributed by atoms with Crippen molar-refractivity contribution in [2.75, 3.05) is 13.2 Å². The predicted molar refractivity (Wildman–Crippen MR) is 49.2 cm³/mol. The number of hydrogen-bond acceptors (Lipinski definition) is 2. The van der Waals surface area contributed by atoms with Crippen LogP contribution in [0, 0.1) is 5.41 Å². The Kier molecular flexibility index (Phi) is 2.13. The Morgan fingerprint density at radius 3 is 3.08 bits per heavy atom. The Bertz CT molecular complexity index is 167. The molecule has 0 aromatic heterocycles. The van der Waals surface area contributed by atoms with Gasteiger partial charge in [-0.1, -0.05) is 13.8 Å². The molecule has 0 amide bonds. The van der Waals surface area contributed by atoms with E-state index in [0.717, 1.165) is 13.2 Å². The quantitative estimate of drug-likeness (QED) is 0.594. The minimum atomic E-state index is 0.488. The highest BCUT2D eigenvalue weighted by Crippen LogP contribution is 2.37. The van der Waals surface area contributed by atoms with Crippen molar-refractivity contribution in [2.24, 2.45) is 5.41 Å². The molecule has 70 valence electrons. The average molecular weight is 169 g/mol. The third kappa shape index (κ3) is 1.64. The normalized spacial score (nSPS) is 40.5. The van der Waals surface area contributed by atoms with E-state index in [1.807, 2.05) is 0 Å². The molecule has 0 aromatic carbocycles. The van der Waals surface area contributed by atoms with Gasteiger partial charge in [0.1, 0.15) is 0 Å². The minimum absolute atomic E-state index is 0.488. The van der Waals surface area contributed by atoms with E-state index in [0.29, 0.717) is 17.6 Å². The van der Waals surface area contributed by atoms with E-state index >= 15 is 0 Å². The molecule has 2 aliphatic rings. The molecule has 1 aliphatic heterocycles. The van der Waals surface area contributed by atoms with Crippen LogP contribution >= 0.6 is 0 Å². The number of nitrogens with one attached hydrogen (secondary N) is 1. The lowest BCUT2D eigenvalue weighted by molar-refractivity contribution is -0.0530. The summed E-state index contributed by atoms with van der Waals surface area (Å²) >= 11 is 0. The molecule has 1 heterocycles. The molecule has 1 N–H and O–H groups in total. The summed E-state index contributed by atoms with van der Waals surface area (Å²) in [5, 5.41) is 3.53. The first-order valence-corrected chi connectivity index (χ1v) is 5.02. The fraction of sp³-hybridized carbons (Fsp3) is 1.00. The van der Waals surface area contributed by atoms with E-state index in [2.05, 4.69) is 19.2 Å². The van der Waals surface area contributed by atoms with Gasteiger partial charge in [-0.05, 0) is 24.7 Å².